The van der Waals surface area contributed by atoms with E-state index < -0.39 is 5.91 Å². The highest BCUT2D eigenvalue weighted by Crippen LogP contribution is 2.18. The number of primary amides is 1. The highest BCUT2D eigenvalue weighted by molar-refractivity contribution is 5.92. The van der Waals surface area contributed by atoms with Crippen molar-refractivity contribution in [3.63, 3.8) is 0 Å². The molecule has 0 heterocycles. The summed E-state index contributed by atoms with van der Waals surface area (Å²) in [6.07, 6.45) is 4.84. The van der Waals surface area contributed by atoms with Crippen molar-refractivity contribution in [2.24, 2.45) is 5.73 Å². The number of halogens is 1. The van der Waals surface area contributed by atoms with Crippen LogP contribution in [0.4, 0.5) is 4.39 Å². The van der Waals surface area contributed by atoms with Crippen molar-refractivity contribution >= 4 is 5.91 Å². The van der Waals surface area contributed by atoms with Crippen molar-refractivity contribution in [3.05, 3.63) is 35.1 Å². The molecule has 0 saturated heterocycles. The summed E-state index contributed by atoms with van der Waals surface area (Å²) in [7, 11) is 0. The zero-order valence-corrected chi connectivity index (χ0v) is 9.71. The lowest BCUT2D eigenvalue weighted by Crippen LogP contribution is -2.25. The molecule has 2 rings (SSSR count). The van der Waals surface area contributed by atoms with Gasteiger partial charge in [0, 0.05) is 23.7 Å². The summed E-state index contributed by atoms with van der Waals surface area (Å²) in [5, 5.41) is 3.33. The molecule has 4 heteroatoms. The van der Waals surface area contributed by atoms with Crippen molar-refractivity contribution in [2.75, 3.05) is 0 Å². The van der Waals surface area contributed by atoms with Crippen LogP contribution in [-0.4, -0.2) is 11.9 Å². The first kappa shape index (κ1) is 12.0. The van der Waals surface area contributed by atoms with E-state index in [1.807, 2.05) is 0 Å². The largest absolute Gasteiger partial charge is 0.366 e. The lowest BCUT2D eigenvalue weighted by atomic mass is 10.1. The maximum atomic E-state index is 13.6. The number of hydrogen-bond acceptors (Lipinski definition) is 2. The van der Waals surface area contributed by atoms with E-state index in [0.29, 0.717) is 18.2 Å². The number of hydrogen-bond donors (Lipinski definition) is 2. The van der Waals surface area contributed by atoms with Gasteiger partial charge in [-0.1, -0.05) is 18.9 Å². The molecule has 92 valence electrons. The van der Waals surface area contributed by atoms with Crippen LogP contribution in [0, 0.1) is 5.82 Å². The maximum absolute atomic E-state index is 13.6. The highest BCUT2D eigenvalue weighted by atomic mass is 19.1. The first-order chi connectivity index (χ1) is 8.16. The van der Waals surface area contributed by atoms with Crippen LogP contribution in [0.2, 0.25) is 0 Å². The fourth-order valence-corrected chi connectivity index (χ4v) is 2.23. The van der Waals surface area contributed by atoms with E-state index >= 15 is 0 Å². The van der Waals surface area contributed by atoms with Gasteiger partial charge in [0.15, 0.2) is 0 Å². The minimum Gasteiger partial charge on any atom is -0.366 e. The van der Waals surface area contributed by atoms with Crippen molar-refractivity contribution in [1.29, 1.82) is 0 Å². The van der Waals surface area contributed by atoms with Crippen LogP contribution in [0.3, 0.4) is 0 Å². The topological polar surface area (TPSA) is 55.1 Å². The first-order valence-electron chi connectivity index (χ1n) is 5.98. The predicted octanol–water partition coefficient (Wildman–Crippen LogP) is 1.96. The van der Waals surface area contributed by atoms with Crippen molar-refractivity contribution in [1.82, 2.24) is 5.32 Å². The highest BCUT2D eigenvalue weighted by Gasteiger charge is 2.15. The summed E-state index contributed by atoms with van der Waals surface area (Å²) in [5.74, 6) is -0.967. The Morgan fingerprint density at radius 2 is 2.12 bits per heavy atom. The quantitative estimate of drug-likeness (QED) is 0.839. The van der Waals surface area contributed by atoms with Crippen LogP contribution in [0.1, 0.15) is 41.6 Å². The van der Waals surface area contributed by atoms with Crippen LogP contribution in [0.15, 0.2) is 18.2 Å². The molecule has 0 atom stereocenters. The Balaban J connectivity index is 1.98. The van der Waals surface area contributed by atoms with Crippen molar-refractivity contribution < 1.29 is 9.18 Å². The molecule has 3 nitrogen and oxygen atoms in total. The average Bonchev–Trinajstić information content (AvgIpc) is 2.80. The van der Waals surface area contributed by atoms with Gasteiger partial charge in [-0.25, -0.2) is 4.39 Å². The lowest BCUT2D eigenvalue weighted by molar-refractivity contribution is 0.1000. The molecule has 1 aromatic rings. The molecular weight excluding hydrogens is 219 g/mol. The number of nitrogens with one attached hydrogen (secondary N) is 1. The molecule has 0 spiro atoms. The third-order valence-electron chi connectivity index (χ3n) is 3.27. The second kappa shape index (κ2) is 5.27. The number of carbonyl (C=O) groups excluding carboxylic acids is 1. The minimum absolute atomic E-state index is 0.215. The molecule has 0 aliphatic heterocycles. The van der Waals surface area contributed by atoms with Crippen LogP contribution in [0.25, 0.3) is 0 Å². The first-order valence-corrected chi connectivity index (χ1v) is 5.98. The third kappa shape index (κ3) is 3.03. The van der Waals surface area contributed by atoms with Gasteiger partial charge in [-0.2, -0.15) is 0 Å². The molecule has 0 radical (unpaired) electrons. The van der Waals surface area contributed by atoms with Gasteiger partial charge in [0.2, 0.25) is 5.91 Å². The molecule has 1 amide bonds. The predicted molar refractivity (Wildman–Crippen MR) is 64.0 cm³/mol. The van der Waals surface area contributed by atoms with E-state index in [2.05, 4.69) is 5.32 Å². The van der Waals surface area contributed by atoms with E-state index in [4.69, 9.17) is 5.73 Å². The minimum atomic E-state index is -0.598. The second-order valence-electron chi connectivity index (χ2n) is 4.53. The van der Waals surface area contributed by atoms with E-state index in [1.165, 1.54) is 31.7 Å². The molecule has 0 aromatic heterocycles. The normalized spacial score (nSPS) is 16.3. The third-order valence-corrected chi connectivity index (χ3v) is 3.27. The van der Waals surface area contributed by atoms with E-state index in [0.717, 1.165) is 0 Å². The van der Waals surface area contributed by atoms with Crippen LogP contribution >= 0.6 is 0 Å². The van der Waals surface area contributed by atoms with E-state index in [-0.39, 0.29) is 11.4 Å². The summed E-state index contributed by atoms with van der Waals surface area (Å²) in [5.41, 5.74) is 5.89. The Bertz CT molecular complexity index is 414. The number of carbonyl (C=O) groups is 1. The molecule has 1 saturated carbocycles. The van der Waals surface area contributed by atoms with Gasteiger partial charge in [0.25, 0.3) is 0 Å². The molecular formula is C13H17FN2O. The molecule has 1 aromatic carbocycles. The lowest BCUT2D eigenvalue weighted by Gasteiger charge is -2.12. The average molecular weight is 236 g/mol. The molecule has 1 fully saturated rings. The Labute approximate surface area is 100 Å². The SMILES string of the molecule is NC(=O)c1ccc(CNC2CCCC2)c(F)c1. The molecule has 1 aliphatic rings. The fraction of sp³-hybridized carbons (Fsp3) is 0.462. The number of benzene rings is 1. The van der Waals surface area contributed by atoms with Gasteiger partial charge in [-0.05, 0) is 25.0 Å². The molecule has 3 N–H and O–H groups in total. The van der Waals surface area contributed by atoms with Gasteiger partial charge in [-0.15, -0.1) is 0 Å². The Morgan fingerprint density at radius 3 is 2.71 bits per heavy atom. The second-order valence-corrected chi connectivity index (χ2v) is 4.53. The molecule has 0 bridgehead atoms. The van der Waals surface area contributed by atoms with E-state index in [1.54, 1.807) is 12.1 Å². The molecule has 17 heavy (non-hydrogen) atoms. The summed E-state index contributed by atoms with van der Waals surface area (Å²) >= 11 is 0. The Hall–Kier alpha value is -1.42. The van der Waals surface area contributed by atoms with Crippen molar-refractivity contribution in [2.45, 2.75) is 38.3 Å². The van der Waals surface area contributed by atoms with Gasteiger partial charge in [0.1, 0.15) is 5.82 Å². The Morgan fingerprint density at radius 1 is 1.41 bits per heavy atom. The van der Waals surface area contributed by atoms with Crippen molar-refractivity contribution in [3.8, 4) is 0 Å². The molecule has 1 aliphatic carbocycles. The monoisotopic (exact) mass is 236 g/mol. The van der Waals surface area contributed by atoms with Gasteiger partial charge >= 0.3 is 0 Å². The zero-order valence-electron chi connectivity index (χ0n) is 9.71. The standard InChI is InChI=1S/C13H17FN2O/c14-12-7-9(13(15)17)5-6-10(12)8-16-11-3-1-2-4-11/h5-7,11,16H,1-4,8H2,(H2,15,17). The van der Waals surface area contributed by atoms with Crippen LogP contribution in [0.5, 0.6) is 0 Å². The number of amides is 1. The Kier molecular flexibility index (Phi) is 3.74. The molecule has 0 unspecified atom stereocenters. The zero-order chi connectivity index (χ0) is 12.3. The van der Waals surface area contributed by atoms with Gasteiger partial charge < -0.3 is 11.1 Å². The fourth-order valence-electron chi connectivity index (χ4n) is 2.23. The number of nitrogens with two attached hydrogens (primary N) is 1. The van der Waals surface area contributed by atoms with Gasteiger partial charge in [0.05, 0.1) is 0 Å². The van der Waals surface area contributed by atoms with E-state index in [9.17, 15) is 9.18 Å². The summed E-state index contributed by atoms with van der Waals surface area (Å²) in [6, 6.07) is 4.90. The summed E-state index contributed by atoms with van der Waals surface area (Å²) < 4.78 is 13.6. The van der Waals surface area contributed by atoms with Crippen LogP contribution in [-0.2, 0) is 6.54 Å². The van der Waals surface area contributed by atoms with Gasteiger partial charge in [-0.3, -0.25) is 4.79 Å². The smallest absolute Gasteiger partial charge is 0.248 e. The summed E-state index contributed by atoms with van der Waals surface area (Å²) in [6.45, 7) is 0.509. The van der Waals surface area contributed by atoms with Crippen LogP contribution < -0.4 is 11.1 Å². The number of rotatable bonds is 4. The summed E-state index contributed by atoms with van der Waals surface area (Å²) in [4.78, 5) is 10.9. The maximum Gasteiger partial charge on any atom is 0.248 e.